The van der Waals surface area contributed by atoms with E-state index in [4.69, 9.17) is 9.47 Å². The highest BCUT2D eigenvalue weighted by atomic mass is 16.6. The molecule has 1 saturated carbocycles. The minimum atomic E-state index is -0.761. The topological polar surface area (TPSA) is 88.1 Å². The highest BCUT2D eigenvalue weighted by Gasteiger charge is 2.54. The number of fused-ring (bicyclic) bond motifs is 5. The van der Waals surface area contributed by atoms with Gasteiger partial charge in [-0.2, -0.15) is 0 Å². The fourth-order valence-corrected chi connectivity index (χ4v) is 5.53. The van der Waals surface area contributed by atoms with Gasteiger partial charge in [0.1, 0.15) is 12.2 Å². The molecular formula is C26H30N2O5. The fourth-order valence-electron chi connectivity index (χ4n) is 5.53. The SMILES string of the molecule is CC(C)(C)OC(=O)N(C(=O)OCC1c2ccccc2-c2ccccc21)[C@@H]1[C@H]2CN[C@@H]1[C@@H](O)C2. The summed E-state index contributed by atoms with van der Waals surface area (Å²) in [4.78, 5) is 27.5. The van der Waals surface area contributed by atoms with Crippen LogP contribution in [0.4, 0.5) is 9.59 Å². The molecule has 0 spiro atoms. The third-order valence-electron chi connectivity index (χ3n) is 6.85. The van der Waals surface area contributed by atoms with Crippen LogP contribution < -0.4 is 5.32 Å². The van der Waals surface area contributed by atoms with Crippen LogP contribution in [0.2, 0.25) is 0 Å². The van der Waals surface area contributed by atoms with Gasteiger partial charge < -0.3 is 19.9 Å². The van der Waals surface area contributed by atoms with Crippen LogP contribution in [0.5, 0.6) is 0 Å². The molecule has 0 unspecified atom stereocenters. The average molecular weight is 451 g/mol. The van der Waals surface area contributed by atoms with Crippen molar-refractivity contribution in [1.29, 1.82) is 0 Å². The van der Waals surface area contributed by atoms with Crippen molar-refractivity contribution in [3.8, 4) is 11.1 Å². The molecule has 5 rings (SSSR count). The van der Waals surface area contributed by atoms with Crippen LogP contribution >= 0.6 is 0 Å². The Morgan fingerprint density at radius 1 is 1.03 bits per heavy atom. The summed E-state index contributed by atoms with van der Waals surface area (Å²) in [7, 11) is 0. The van der Waals surface area contributed by atoms with Crippen molar-refractivity contribution in [2.24, 2.45) is 5.92 Å². The van der Waals surface area contributed by atoms with E-state index in [-0.39, 0.29) is 24.5 Å². The highest BCUT2D eigenvalue weighted by Crippen LogP contribution is 2.44. The molecule has 174 valence electrons. The summed E-state index contributed by atoms with van der Waals surface area (Å²) >= 11 is 0. The Morgan fingerprint density at radius 3 is 2.15 bits per heavy atom. The molecule has 4 atom stereocenters. The summed E-state index contributed by atoms with van der Waals surface area (Å²) in [6.45, 7) is 6.04. The molecule has 7 nitrogen and oxygen atoms in total. The van der Waals surface area contributed by atoms with Crippen molar-refractivity contribution in [3.63, 3.8) is 0 Å². The predicted molar refractivity (Wildman–Crippen MR) is 123 cm³/mol. The number of piperidine rings is 1. The molecule has 33 heavy (non-hydrogen) atoms. The van der Waals surface area contributed by atoms with E-state index in [9.17, 15) is 14.7 Å². The van der Waals surface area contributed by atoms with E-state index >= 15 is 0 Å². The van der Waals surface area contributed by atoms with E-state index in [1.807, 2.05) is 24.3 Å². The summed E-state index contributed by atoms with van der Waals surface area (Å²) in [6.07, 6.45) is -1.54. The Kier molecular flexibility index (Phi) is 5.41. The molecule has 0 aromatic heterocycles. The van der Waals surface area contributed by atoms with Crippen LogP contribution in [-0.2, 0) is 9.47 Å². The number of nitrogens with zero attached hydrogens (tertiary/aromatic N) is 1. The predicted octanol–water partition coefficient (Wildman–Crippen LogP) is 3.89. The average Bonchev–Trinajstić information content (AvgIpc) is 3.40. The van der Waals surface area contributed by atoms with E-state index in [0.29, 0.717) is 13.0 Å². The maximum atomic E-state index is 13.4. The second kappa shape index (κ2) is 8.15. The van der Waals surface area contributed by atoms with Crippen LogP contribution in [0, 0.1) is 5.92 Å². The summed E-state index contributed by atoms with van der Waals surface area (Å²) in [5.74, 6) is -0.135. The summed E-state index contributed by atoms with van der Waals surface area (Å²) in [5, 5.41) is 13.6. The van der Waals surface area contributed by atoms with Gasteiger partial charge in [0.05, 0.1) is 18.2 Å². The van der Waals surface area contributed by atoms with Crippen molar-refractivity contribution in [1.82, 2.24) is 10.2 Å². The molecule has 2 amide bonds. The fraction of sp³-hybridized carbons (Fsp3) is 0.462. The lowest BCUT2D eigenvalue weighted by Gasteiger charge is -2.31. The number of imide groups is 1. The molecule has 3 aliphatic rings. The second-order valence-electron chi connectivity index (χ2n) is 10.1. The van der Waals surface area contributed by atoms with E-state index < -0.39 is 29.9 Å². The lowest BCUT2D eigenvalue weighted by Crippen LogP contribution is -2.53. The summed E-state index contributed by atoms with van der Waals surface area (Å²) in [5.41, 5.74) is 3.73. The molecule has 7 heteroatoms. The van der Waals surface area contributed by atoms with Crippen LogP contribution in [0.3, 0.4) is 0 Å². The number of amides is 2. The molecule has 2 bridgehead atoms. The molecule has 2 aliphatic carbocycles. The molecule has 2 fully saturated rings. The van der Waals surface area contributed by atoms with Crippen molar-refractivity contribution < 1.29 is 24.2 Å². The zero-order chi connectivity index (χ0) is 23.3. The van der Waals surface area contributed by atoms with Gasteiger partial charge >= 0.3 is 12.2 Å². The van der Waals surface area contributed by atoms with Crippen molar-refractivity contribution in [3.05, 3.63) is 59.7 Å². The number of rotatable bonds is 3. The number of carbonyl (C=O) groups excluding carboxylic acids is 2. The number of hydrogen-bond donors (Lipinski definition) is 2. The van der Waals surface area contributed by atoms with Crippen LogP contribution in [0.15, 0.2) is 48.5 Å². The van der Waals surface area contributed by atoms with Gasteiger partial charge in [0, 0.05) is 12.5 Å². The Morgan fingerprint density at radius 2 is 1.64 bits per heavy atom. The smallest absolute Gasteiger partial charge is 0.420 e. The van der Waals surface area contributed by atoms with Gasteiger partial charge in [-0.25, -0.2) is 14.5 Å². The summed E-state index contributed by atoms with van der Waals surface area (Å²) < 4.78 is 11.3. The van der Waals surface area contributed by atoms with Crippen LogP contribution in [-0.4, -0.2) is 59.1 Å². The van der Waals surface area contributed by atoms with Gasteiger partial charge in [-0.1, -0.05) is 48.5 Å². The third-order valence-corrected chi connectivity index (χ3v) is 6.85. The van der Waals surface area contributed by atoms with Gasteiger partial charge in [0.15, 0.2) is 0 Å². The zero-order valence-corrected chi connectivity index (χ0v) is 19.2. The Balaban J connectivity index is 1.39. The number of ether oxygens (including phenoxy) is 2. The largest absolute Gasteiger partial charge is 0.448 e. The van der Waals surface area contributed by atoms with Crippen molar-refractivity contribution in [2.45, 2.75) is 56.9 Å². The van der Waals surface area contributed by atoms with E-state index in [1.54, 1.807) is 20.8 Å². The van der Waals surface area contributed by atoms with Gasteiger partial charge in [0.2, 0.25) is 0 Å². The van der Waals surface area contributed by atoms with Crippen LogP contribution in [0.25, 0.3) is 11.1 Å². The summed E-state index contributed by atoms with van der Waals surface area (Å²) in [6, 6.07) is 15.4. The Hall–Kier alpha value is -2.90. The number of aliphatic hydroxyl groups excluding tert-OH is 1. The van der Waals surface area contributed by atoms with E-state index in [0.717, 1.165) is 27.2 Å². The quantitative estimate of drug-likeness (QED) is 0.738. The minimum Gasteiger partial charge on any atom is -0.448 e. The lowest BCUT2D eigenvalue weighted by atomic mass is 9.98. The zero-order valence-electron chi connectivity index (χ0n) is 19.2. The number of nitrogens with one attached hydrogen (secondary N) is 1. The second-order valence-corrected chi connectivity index (χ2v) is 10.1. The lowest BCUT2D eigenvalue weighted by molar-refractivity contribution is 0.00944. The Bertz CT molecular complexity index is 1030. The molecule has 2 aromatic rings. The first-order valence-electron chi connectivity index (χ1n) is 11.5. The monoisotopic (exact) mass is 450 g/mol. The van der Waals surface area contributed by atoms with Crippen molar-refractivity contribution >= 4 is 12.2 Å². The van der Waals surface area contributed by atoms with Gasteiger partial charge in [-0.05, 0) is 55.4 Å². The maximum Gasteiger partial charge on any atom is 0.420 e. The van der Waals surface area contributed by atoms with Crippen molar-refractivity contribution in [2.75, 3.05) is 13.2 Å². The molecule has 1 heterocycles. The molecule has 1 aliphatic heterocycles. The first-order valence-corrected chi connectivity index (χ1v) is 11.5. The normalized spacial score (nSPS) is 25.5. The molecule has 2 aromatic carbocycles. The van der Waals surface area contributed by atoms with Gasteiger partial charge in [0.25, 0.3) is 0 Å². The van der Waals surface area contributed by atoms with E-state index in [2.05, 4.69) is 29.6 Å². The van der Waals surface area contributed by atoms with Crippen LogP contribution in [0.1, 0.15) is 44.2 Å². The molecule has 0 radical (unpaired) electrons. The number of carbonyl (C=O) groups is 2. The minimum absolute atomic E-state index is 0.0296. The van der Waals surface area contributed by atoms with E-state index in [1.165, 1.54) is 0 Å². The molecular weight excluding hydrogens is 420 g/mol. The van der Waals surface area contributed by atoms with Gasteiger partial charge in [-0.15, -0.1) is 0 Å². The first-order chi connectivity index (χ1) is 15.7. The number of aliphatic hydroxyl groups is 1. The number of benzene rings is 2. The standard InChI is InChI=1S/C26H30N2O5/c1-26(2,3)33-25(31)28(23-15-12-21(29)22(23)27-13-15)24(30)32-14-20-18-10-6-4-8-16(18)17-9-5-7-11-19(17)20/h4-11,15,20-23,27,29H,12-14H2,1-3H3/t15-,21+,22-,23-/m1/s1. The van der Waals surface area contributed by atoms with Gasteiger partial charge in [-0.3, -0.25) is 0 Å². The molecule has 2 N–H and O–H groups in total. The maximum absolute atomic E-state index is 13.4. The highest BCUT2D eigenvalue weighted by molar-refractivity contribution is 5.89. The number of hydrogen-bond acceptors (Lipinski definition) is 6. The first kappa shape index (κ1) is 21.9. The molecule has 1 saturated heterocycles. The third kappa shape index (κ3) is 3.89. The Labute approximate surface area is 193 Å².